The summed E-state index contributed by atoms with van der Waals surface area (Å²) in [6, 6.07) is 16.5. The van der Waals surface area contributed by atoms with E-state index in [0.717, 1.165) is 5.75 Å². The molecule has 2 aromatic carbocycles. The molecule has 0 aliphatic carbocycles. The lowest BCUT2D eigenvalue weighted by Crippen LogP contribution is -2.32. The first-order valence-electron chi connectivity index (χ1n) is 7.20. The molecular weight excluding hydrogens is 294 g/mol. The monoisotopic (exact) mass is 309 g/mol. The summed E-state index contributed by atoms with van der Waals surface area (Å²) in [7, 11) is 0. The van der Waals surface area contributed by atoms with Gasteiger partial charge in [0.15, 0.2) is 0 Å². The summed E-state index contributed by atoms with van der Waals surface area (Å²) < 4.78 is 5.68. The number of para-hydroxylation sites is 1. The predicted molar refractivity (Wildman–Crippen MR) is 86.4 cm³/mol. The molecule has 116 valence electrons. The quantitative estimate of drug-likeness (QED) is 0.911. The Balaban J connectivity index is 1.61. The third-order valence-electron chi connectivity index (χ3n) is 3.26. The Bertz CT molecular complexity index is 739. The first kappa shape index (κ1) is 14.8. The molecule has 0 unspecified atom stereocenters. The number of nitrogens with zero attached hydrogens (tertiary/aromatic N) is 1. The van der Waals surface area contributed by atoms with Crippen molar-refractivity contribution >= 4 is 23.2 Å². The number of nitrogens with one attached hydrogen (secondary N) is 2. The minimum Gasteiger partial charge on any atom is -0.457 e. The van der Waals surface area contributed by atoms with Gasteiger partial charge in [-0.25, -0.2) is 5.43 Å². The molecule has 0 atom stereocenters. The van der Waals surface area contributed by atoms with Crippen LogP contribution in [0, 0.1) is 0 Å². The molecular formula is C17H15N3O3. The Kier molecular flexibility index (Phi) is 4.33. The van der Waals surface area contributed by atoms with Crippen LogP contribution in [0.1, 0.15) is 12.8 Å². The molecule has 2 aromatic rings. The van der Waals surface area contributed by atoms with Crippen LogP contribution in [0.2, 0.25) is 0 Å². The summed E-state index contributed by atoms with van der Waals surface area (Å²) in [6.07, 6.45) is 0.614. The largest absolute Gasteiger partial charge is 0.457 e. The van der Waals surface area contributed by atoms with Gasteiger partial charge in [-0.2, -0.15) is 5.10 Å². The van der Waals surface area contributed by atoms with Crippen LogP contribution in [-0.2, 0) is 9.59 Å². The predicted octanol–water partition coefficient (Wildman–Crippen LogP) is 2.68. The first-order valence-corrected chi connectivity index (χ1v) is 7.20. The fourth-order valence-electron chi connectivity index (χ4n) is 2.07. The molecule has 3 rings (SSSR count). The van der Waals surface area contributed by atoms with E-state index in [2.05, 4.69) is 15.8 Å². The van der Waals surface area contributed by atoms with Gasteiger partial charge in [0.1, 0.15) is 17.2 Å². The van der Waals surface area contributed by atoms with Crippen molar-refractivity contribution in [1.82, 2.24) is 5.43 Å². The summed E-state index contributed by atoms with van der Waals surface area (Å²) in [5.74, 6) is 0.929. The molecule has 0 spiro atoms. The van der Waals surface area contributed by atoms with Crippen molar-refractivity contribution in [3.63, 3.8) is 0 Å². The molecule has 23 heavy (non-hydrogen) atoms. The number of carbonyl (C=O) groups is 2. The van der Waals surface area contributed by atoms with E-state index in [1.165, 1.54) is 0 Å². The lowest BCUT2D eigenvalue weighted by molar-refractivity contribution is -0.121. The Hall–Kier alpha value is -3.15. The number of benzene rings is 2. The molecule has 0 aromatic heterocycles. The van der Waals surface area contributed by atoms with Crippen molar-refractivity contribution in [3.8, 4) is 11.5 Å². The summed E-state index contributed by atoms with van der Waals surface area (Å²) in [4.78, 5) is 23.0. The van der Waals surface area contributed by atoms with Crippen molar-refractivity contribution in [3.05, 3.63) is 54.6 Å². The second-order valence-corrected chi connectivity index (χ2v) is 4.99. The number of hydrazone groups is 1. The van der Waals surface area contributed by atoms with Gasteiger partial charge < -0.3 is 10.1 Å². The van der Waals surface area contributed by atoms with E-state index in [0.29, 0.717) is 23.6 Å². The average molecular weight is 309 g/mol. The van der Waals surface area contributed by atoms with Crippen LogP contribution in [-0.4, -0.2) is 17.5 Å². The third kappa shape index (κ3) is 3.94. The minimum absolute atomic E-state index is 0.177. The molecule has 0 bridgehead atoms. The molecule has 6 heteroatoms. The third-order valence-corrected chi connectivity index (χ3v) is 3.26. The molecule has 2 amide bonds. The van der Waals surface area contributed by atoms with E-state index in [1.54, 1.807) is 24.3 Å². The maximum atomic E-state index is 12.0. The second-order valence-electron chi connectivity index (χ2n) is 4.99. The Labute approximate surface area is 133 Å². The number of hydrogen-bond donors (Lipinski definition) is 2. The molecule has 1 aliphatic heterocycles. The maximum Gasteiger partial charge on any atom is 0.271 e. The lowest BCUT2D eigenvalue weighted by Gasteiger charge is -2.12. The number of amides is 2. The fraction of sp³-hybridized carbons (Fsp3) is 0.118. The van der Waals surface area contributed by atoms with Gasteiger partial charge >= 0.3 is 0 Å². The summed E-state index contributed by atoms with van der Waals surface area (Å²) in [5.41, 5.74) is 3.25. The van der Waals surface area contributed by atoms with E-state index >= 15 is 0 Å². The van der Waals surface area contributed by atoms with E-state index in [-0.39, 0.29) is 18.2 Å². The van der Waals surface area contributed by atoms with Crippen molar-refractivity contribution < 1.29 is 14.3 Å². The Morgan fingerprint density at radius 2 is 1.70 bits per heavy atom. The average Bonchev–Trinajstić information content (AvgIpc) is 2.58. The van der Waals surface area contributed by atoms with Gasteiger partial charge in [0.05, 0.1) is 0 Å². The maximum absolute atomic E-state index is 12.0. The van der Waals surface area contributed by atoms with Gasteiger partial charge in [0.2, 0.25) is 5.91 Å². The van der Waals surface area contributed by atoms with E-state index in [9.17, 15) is 9.59 Å². The smallest absolute Gasteiger partial charge is 0.271 e. The molecule has 0 saturated heterocycles. The number of carbonyl (C=O) groups excluding carboxylic acids is 2. The lowest BCUT2D eigenvalue weighted by atomic mass is 10.1. The highest BCUT2D eigenvalue weighted by molar-refractivity contribution is 6.43. The van der Waals surface area contributed by atoms with Crippen LogP contribution in [0.15, 0.2) is 59.7 Å². The zero-order valence-corrected chi connectivity index (χ0v) is 12.3. The summed E-state index contributed by atoms with van der Waals surface area (Å²) >= 11 is 0. The van der Waals surface area contributed by atoms with Crippen molar-refractivity contribution in [2.45, 2.75) is 12.8 Å². The van der Waals surface area contributed by atoms with Crippen molar-refractivity contribution in [2.75, 3.05) is 5.32 Å². The van der Waals surface area contributed by atoms with Crippen molar-refractivity contribution in [1.29, 1.82) is 0 Å². The zero-order chi connectivity index (χ0) is 16.1. The van der Waals surface area contributed by atoms with Gasteiger partial charge in [-0.1, -0.05) is 18.2 Å². The minimum atomic E-state index is -0.318. The van der Waals surface area contributed by atoms with E-state index in [4.69, 9.17) is 4.74 Å². The van der Waals surface area contributed by atoms with E-state index in [1.807, 2.05) is 30.3 Å². The second kappa shape index (κ2) is 6.74. The number of hydrogen-bond acceptors (Lipinski definition) is 4. The topological polar surface area (TPSA) is 79.8 Å². The molecule has 2 N–H and O–H groups in total. The molecule has 1 heterocycles. The van der Waals surface area contributed by atoms with Crippen molar-refractivity contribution in [2.24, 2.45) is 5.10 Å². The summed E-state index contributed by atoms with van der Waals surface area (Å²) in [6.45, 7) is 0. The number of rotatable bonds is 4. The Morgan fingerprint density at radius 1 is 1.00 bits per heavy atom. The molecule has 0 fully saturated rings. The van der Waals surface area contributed by atoms with Crippen LogP contribution in [0.5, 0.6) is 11.5 Å². The molecule has 1 aliphatic rings. The van der Waals surface area contributed by atoms with E-state index < -0.39 is 0 Å². The number of anilines is 1. The van der Waals surface area contributed by atoms with Crippen LogP contribution >= 0.6 is 0 Å². The molecule has 0 saturated carbocycles. The van der Waals surface area contributed by atoms with Gasteiger partial charge in [-0.05, 0) is 36.4 Å². The SMILES string of the molecule is O=C1CCC(C(=O)Nc2ccc(Oc3ccccc3)cc2)=NN1. The standard InChI is InChI=1S/C17H15N3O3/c21-16-11-10-15(19-20-16)17(22)18-12-6-8-14(9-7-12)23-13-4-2-1-3-5-13/h1-9H,10-11H2,(H,18,22)(H,20,21). The summed E-state index contributed by atoms with van der Waals surface area (Å²) in [5, 5.41) is 6.50. The highest BCUT2D eigenvalue weighted by Crippen LogP contribution is 2.22. The highest BCUT2D eigenvalue weighted by atomic mass is 16.5. The van der Waals surface area contributed by atoms with Gasteiger partial charge in [0.25, 0.3) is 5.91 Å². The molecule has 0 radical (unpaired) electrons. The zero-order valence-electron chi connectivity index (χ0n) is 12.3. The Morgan fingerprint density at radius 3 is 2.35 bits per heavy atom. The van der Waals surface area contributed by atoms with Crippen LogP contribution < -0.4 is 15.5 Å². The highest BCUT2D eigenvalue weighted by Gasteiger charge is 2.18. The fourth-order valence-corrected chi connectivity index (χ4v) is 2.07. The van der Waals surface area contributed by atoms with Crippen LogP contribution in [0.25, 0.3) is 0 Å². The van der Waals surface area contributed by atoms with Crippen LogP contribution in [0.4, 0.5) is 5.69 Å². The molecule has 6 nitrogen and oxygen atoms in total. The first-order chi connectivity index (χ1) is 11.2. The number of ether oxygens (including phenoxy) is 1. The van der Waals surface area contributed by atoms with Gasteiger partial charge in [0, 0.05) is 18.5 Å². The normalized spacial score (nSPS) is 13.7. The van der Waals surface area contributed by atoms with Crippen LogP contribution in [0.3, 0.4) is 0 Å². The van der Waals surface area contributed by atoms with Gasteiger partial charge in [-0.15, -0.1) is 0 Å². The van der Waals surface area contributed by atoms with Gasteiger partial charge in [-0.3, -0.25) is 9.59 Å².